The molecule has 0 saturated carbocycles. The SMILES string of the molecule is CCC(CC)(NC(=O)C1(C)CCCN1)C(=O)O. The van der Waals surface area contributed by atoms with Crippen molar-refractivity contribution in [3.8, 4) is 0 Å². The summed E-state index contributed by atoms with van der Waals surface area (Å²) in [7, 11) is 0. The quantitative estimate of drug-likeness (QED) is 0.669. The van der Waals surface area contributed by atoms with E-state index in [4.69, 9.17) is 0 Å². The summed E-state index contributed by atoms with van der Waals surface area (Å²) in [6, 6.07) is 0. The Kier molecular flexibility index (Phi) is 4.14. The Bertz CT molecular complexity index is 305. The van der Waals surface area contributed by atoms with Gasteiger partial charge in [0.1, 0.15) is 5.54 Å². The Morgan fingerprint density at radius 3 is 2.35 bits per heavy atom. The van der Waals surface area contributed by atoms with Crippen molar-refractivity contribution in [3.05, 3.63) is 0 Å². The topological polar surface area (TPSA) is 78.4 Å². The molecular formula is C12H22N2O3. The zero-order valence-electron chi connectivity index (χ0n) is 10.8. The molecule has 0 aromatic rings. The lowest BCUT2D eigenvalue weighted by Gasteiger charge is -2.33. The Morgan fingerprint density at radius 1 is 1.41 bits per heavy atom. The van der Waals surface area contributed by atoms with Crippen LogP contribution in [-0.2, 0) is 9.59 Å². The number of nitrogens with one attached hydrogen (secondary N) is 2. The second-order valence-corrected chi connectivity index (χ2v) is 4.91. The standard InChI is InChI=1S/C12H22N2O3/c1-4-12(5-2,10(16)17)14-9(15)11(3)7-6-8-13-11/h13H,4-8H2,1-3H3,(H,14,15)(H,16,17). The van der Waals surface area contributed by atoms with Gasteiger partial charge < -0.3 is 15.7 Å². The van der Waals surface area contributed by atoms with Gasteiger partial charge in [-0.1, -0.05) is 13.8 Å². The van der Waals surface area contributed by atoms with E-state index in [9.17, 15) is 14.7 Å². The highest BCUT2D eigenvalue weighted by atomic mass is 16.4. The van der Waals surface area contributed by atoms with Crippen LogP contribution in [0.15, 0.2) is 0 Å². The summed E-state index contributed by atoms with van der Waals surface area (Å²) in [6.07, 6.45) is 2.48. The first-order chi connectivity index (χ1) is 7.90. The molecule has 0 spiro atoms. The molecule has 1 atom stereocenters. The number of carbonyl (C=O) groups is 2. The third-order valence-corrected chi connectivity index (χ3v) is 3.84. The van der Waals surface area contributed by atoms with Crippen LogP contribution in [0, 0.1) is 0 Å². The fraction of sp³-hybridized carbons (Fsp3) is 0.833. The maximum absolute atomic E-state index is 12.2. The predicted molar refractivity (Wildman–Crippen MR) is 64.7 cm³/mol. The fourth-order valence-corrected chi connectivity index (χ4v) is 2.23. The van der Waals surface area contributed by atoms with Crippen molar-refractivity contribution in [2.75, 3.05) is 6.54 Å². The zero-order valence-corrected chi connectivity index (χ0v) is 10.8. The smallest absolute Gasteiger partial charge is 0.329 e. The number of hydrogen-bond acceptors (Lipinski definition) is 3. The van der Waals surface area contributed by atoms with Crippen LogP contribution >= 0.6 is 0 Å². The lowest BCUT2D eigenvalue weighted by atomic mass is 9.90. The molecule has 5 heteroatoms. The largest absolute Gasteiger partial charge is 0.480 e. The van der Waals surface area contributed by atoms with Gasteiger partial charge in [0, 0.05) is 0 Å². The van der Waals surface area contributed by atoms with Gasteiger partial charge in [0.15, 0.2) is 0 Å². The average molecular weight is 242 g/mol. The Balaban J connectivity index is 2.80. The van der Waals surface area contributed by atoms with E-state index in [1.54, 1.807) is 13.8 Å². The number of aliphatic carboxylic acids is 1. The summed E-state index contributed by atoms with van der Waals surface area (Å²) in [6.45, 7) is 6.19. The van der Waals surface area contributed by atoms with Gasteiger partial charge in [0.25, 0.3) is 0 Å². The fourth-order valence-electron chi connectivity index (χ4n) is 2.23. The lowest BCUT2D eigenvalue weighted by Crippen LogP contribution is -2.61. The monoisotopic (exact) mass is 242 g/mol. The van der Waals surface area contributed by atoms with Crippen molar-refractivity contribution >= 4 is 11.9 Å². The Hall–Kier alpha value is -1.10. The van der Waals surface area contributed by atoms with Crippen molar-refractivity contribution in [1.82, 2.24) is 10.6 Å². The van der Waals surface area contributed by atoms with Gasteiger partial charge in [-0.2, -0.15) is 0 Å². The number of carboxylic acid groups (broad SMARTS) is 1. The minimum Gasteiger partial charge on any atom is -0.480 e. The minimum absolute atomic E-state index is 0.207. The van der Waals surface area contributed by atoms with Gasteiger partial charge in [0.2, 0.25) is 5.91 Å². The van der Waals surface area contributed by atoms with Crippen LogP contribution in [0.5, 0.6) is 0 Å². The number of carboxylic acids is 1. The van der Waals surface area contributed by atoms with Crippen molar-refractivity contribution < 1.29 is 14.7 Å². The number of carbonyl (C=O) groups excluding carboxylic acids is 1. The van der Waals surface area contributed by atoms with E-state index in [2.05, 4.69) is 10.6 Å². The molecule has 1 aliphatic heterocycles. The number of hydrogen-bond donors (Lipinski definition) is 3. The molecule has 17 heavy (non-hydrogen) atoms. The van der Waals surface area contributed by atoms with E-state index in [-0.39, 0.29) is 5.91 Å². The number of amides is 1. The molecule has 1 rings (SSSR count). The van der Waals surface area contributed by atoms with Crippen LogP contribution in [0.4, 0.5) is 0 Å². The van der Waals surface area contributed by atoms with E-state index in [0.717, 1.165) is 19.4 Å². The molecule has 0 bridgehead atoms. The summed E-state index contributed by atoms with van der Waals surface area (Å²) >= 11 is 0. The van der Waals surface area contributed by atoms with E-state index in [1.165, 1.54) is 0 Å². The maximum Gasteiger partial charge on any atom is 0.329 e. The molecule has 98 valence electrons. The molecule has 0 radical (unpaired) electrons. The Labute approximate surface area is 102 Å². The third-order valence-electron chi connectivity index (χ3n) is 3.84. The lowest BCUT2D eigenvalue weighted by molar-refractivity contribution is -0.149. The second kappa shape index (κ2) is 5.04. The van der Waals surface area contributed by atoms with Crippen LogP contribution in [-0.4, -0.2) is 34.6 Å². The number of rotatable bonds is 5. The summed E-state index contributed by atoms with van der Waals surface area (Å²) < 4.78 is 0. The van der Waals surface area contributed by atoms with Gasteiger partial charge in [-0.15, -0.1) is 0 Å². The average Bonchev–Trinajstić information content (AvgIpc) is 2.73. The summed E-state index contributed by atoms with van der Waals surface area (Å²) in [5.41, 5.74) is -1.75. The highest BCUT2D eigenvalue weighted by molar-refractivity contribution is 5.92. The summed E-state index contributed by atoms with van der Waals surface area (Å²) in [5.74, 6) is -1.17. The van der Waals surface area contributed by atoms with Gasteiger partial charge in [-0.05, 0) is 39.2 Å². The maximum atomic E-state index is 12.2. The van der Waals surface area contributed by atoms with E-state index < -0.39 is 17.0 Å². The molecule has 1 saturated heterocycles. The molecule has 5 nitrogen and oxygen atoms in total. The van der Waals surface area contributed by atoms with Crippen molar-refractivity contribution in [2.45, 2.75) is 57.5 Å². The van der Waals surface area contributed by atoms with Crippen LogP contribution in [0.3, 0.4) is 0 Å². The van der Waals surface area contributed by atoms with Gasteiger partial charge in [0.05, 0.1) is 5.54 Å². The molecule has 3 N–H and O–H groups in total. The van der Waals surface area contributed by atoms with Crippen LogP contribution in [0.1, 0.15) is 46.5 Å². The van der Waals surface area contributed by atoms with Crippen LogP contribution < -0.4 is 10.6 Å². The highest BCUT2D eigenvalue weighted by Gasteiger charge is 2.43. The molecular weight excluding hydrogens is 220 g/mol. The Morgan fingerprint density at radius 2 is 2.00 bits per heavy atom. The molecule has 1 fully saturated rings. The van der Waals surface area contributed by atoms with Crippen LogP contribution in [0.25, 0.3) is 0 Å². The van der Waals surface area contributed by atoms with Gasteiger partial charge >= 0.3 is 5.97 Å². The van der Waals surface area contributed by atoms with Crippen molar-refractivity contribution in [2.24, 2.45) is 0 Å². The molecule has 1 unspecified atom stereocenters. The second-order valence-electron chi connectivity index (χ2n) is 4.91. The van der Waals surface area contributed by atoms with Gasteiger partial charge in [-0.25, -0.2) is 4.79 Å². The van der Waals surface area contributed by atoms with Crippen molar-refractivity contribution in [3.63, 3.8) is 0 Å². The van der Waals surface area contributed by atoms with Gasteiger partial charge in [-0.3, -0.25) is 4.79 Å². The van der Waals surface area contributed by atoms with Crippen molar-refractivity contribution in [1.29, 1.82) is 0 Å². The molecule has 0 aliphatic carbocycles. The minimum atomic E-state index is -1.13. The summed E-state index contributed by atoms with van der Waals surface area (Å²) in [5, 5.41) is 15.1. The molecule has 1 amide bonds. The predicted octanol–water partition coefficient (Wildman–Crippen LogP) is 0.888. The summed E-state index contributed by atoms with van der Waals surface area (Å²) in [4.78, 5) is 23.5. The molecule has 1 heterocycles. The van der Waals surface area contributed by atoms with E-state index in [1.807, 2.05) is 6.92 Å². The molecule has 0 aromatic heterocycles. The normalized spacial score (nSPS) is 24.6. The first kappa shape index (κ1) is 14.0. The highest BCUT2D eigenvalue weighted by Crippen LogP contribution is 2.22. The van der Waals surface area contributed by atoms with Crippen LogP contribution in [0.2, 0.25) is 0 Å². The molecule has 1 aliphatic rings. The first-order valence-electron chi connectivity index (χ1n) is 6.21. The third kappa shape index (κ3) is 2.60. The zero-order chi connectivity index (χ0) is 13.1. The molecule has 0 aromatic carbocycles. The van der Waals surface area contributed by atoms with E-state index >= 15 is 0 Å². The first-order valence-corrected chi connectivity index (χ1v) is 6.21. The van der Waals surface area contributed by atoms with E-state index in [0.29, 0.717) is 12.8 Å².